The quantitative estimate of drug-likeness (QED) is 0.188. The number of hydrogen-bond donors (Lipinski definition) is 0. The van der Waals surface area contributed by atoms with E-state index in [0.29, 0.717) is 48.9 Å². The lowest BCUT2D eigenvalue weighted by atomic mass is 10.1. The van der Waals surface area contributed by atoms with Crippen molar-refractivity contribution in [1.82, 2.24) is 4.90 Å². The Balaban J connectivity index is 1.57. The molecule has 0 bridgehead atoms. The van der Waals surface area contributed by atoms with Crippen molar-refractivity contribution in [2.75, 3.05) is 14.2 Å². The fraction of sp³-hybridized carbons (Fsp3) is 0.120. The monoisotopic (exact) mass is 736 g/mol. The van der Waals surface area contributed by atoms with Crippen LogP contribution in [-0.4, -0.2) is 30.1 Å². The number of hydrogen-bond acceptors (Lipinski definition) is 5. The molecule has 3 aromatic rings. The highest BCUT2D eigenvalue weighted by Gasteiger charge is 2.30. The number of methoxy groups -OCH3 is 1. The summed E-state index contributed by atoms with van der Waals surface area (Å²) in [4.78, 5) is 19.5. The Hall–Kier alpha value is -1.43. The smallest absolute Gasteiger partial charge is 0.266 e. The summed E-state index contributed by atoms with van der Waals surface area (Å²) in [6.07, 6.45) is 1.81. The van der Waals surface area contributed by atoms with Gasteiger partial charge in [0.15, 0.2) is 16.7 Å². The number of amides is 1. The van der Waals surface area contributed by atoms with Gasteiger partial charge in [0.05, 0.1) is 36.3 Å². The van der Waals surface area contributed by atoms with Crippen LogP contribution >= 0.6 is 85.1 Å². The molecule has 0 spiro atoms. The second-order valence-electron chi connectivity index (χ2n) is 7.54. The molecule has 1 fully saturated rings. The van der Waals surface area contributed by atoms with E-state index in [2.05, 4.69) is 43.5 Å². The topological polar surface area (TPSA) is 51.1 Å². The summed E-state index contributed by atoms with van der Waals surface area (Å²) in [6, 6.07) is 14.5. The van der Waals surface area contributed by atoms with Gasteiger partial charge in [0.1, 0.15) is 6.61 Å². The molecule has 0 aliphatic carbocycles. The normalized spacial score (nSPS) is 15.8. The van der Waals surface area contributed by atoms with Gasteiger partial charge in [-0.3, -0.25) is 9.69 Å². The van der Waals surface area contributed by atoms with Gasteiger partial charge in [-0.05, 0) is 110 Å². The predicted molar refractivity (Wildman–Crippen MR) is 161 cm³/mol. The largest absolute Gasteiger partial charge is 0.493 e. The Morgan fingerprint density at radius 1 is 1.08 bits per heavy atom. The Bertz CT molecular complexity index is 1420. The highest BCUT2D eigenvalue weighted by atomic mass is 127. The van der Waals surface area contributed by atoms with Crippen molar-refractivity contribution in [3.63, 3.8) is 0 Å². The number of halogens is 5. The molecule has 3 aromatic carbocycles. The van der Waals surface area contributed by atoms with Crippen LogP contribution in [0.15, 0.2) is 62.9 Å². The van der Waals surface area contributed by atoms with Crippen molar-refractivity contribution in [3.05, 3.63) is 87.7 Å². The first-order valence-corrected chi connectivity index (χ1v) is 14.1. The molecule has 4 rings (SSSR count). The minimum absolute atomic E-state index is 0.143. The fourth-order valence-corrected chi connectivity index (χ4v) is 5.73. The van der Waals surface area contributed by atoms with E-state index in [1.54, 1.807) is 32.4 Å². The second kappa shape index (κ2) is 12.0. The molecule has 0 unspecified atom stereocenters. The third-order valence-corrected chi connectivity index (χ3v) is 8.88. The summed E-state index contributed by atoms with van der Waals surface area (Å²) in [5.41, 5.74) is 2.34. The molecule has 1 heterocycles. The summed E-state index contributed by atoms with van der Waals surface area (Å²) in [7, 11) is 3.27. The predicted octanol–water partition coefficient (Wildman–Crippen LogP) is 8.84. The first kappa shape index (κ1) is 27.6. The average Bonchev–Trinajstić information content (AvgIpc) is 3.10. The number of benzene rings is 3. The van der Waals surface area contributed by atoms with Gasteiger partial charge in [0, 0.05) is 11.5 Å². The Morgan fingerprint density at radius 3 is 2.56 bits per heavy atom. The first-order valence-electron chi connectivity index (χ1n) is 10.3. The Morgan fingerprint density at radius 2 is 1.86 bits per heavy atom. The van der Waals surface area contributed by atoms with Gasteiger partial charge < -0.3 is 9.47 Å². The molecule has 0 N–H and O–H groups in total. The Kier molecular flexibility index (Phi) is 9.17. The minimum atomic E-state index is -0.143. The number of ether oxygens (including phenoxy) is 2. The maximum atomic E-state index is 12.9. The van der Waals surface area contributed by atoms with E-state index in [1.807, 2.05) is 36.4 Å². The lowest BCUT2D eigenvalue weighted by Gasteiger charge is -2.14. The second-order valence-corrected chi connectivity index (χ2v) is 11.8. The van der Waals surface area contributed by atoms with Crippen LogP contribution in [0.25, 0.3) is 6.08 Å². The van der Waals surface area contributed by atoms with Gasteiger partial charge in [-0.1, -0.05) is 40.9 Å². The number of rotatable bonds is 6. The van der Waals surface area contributed by atoms with Crippen LogP contribution in [-0.2, 0) is 11.4 Å². The van der Waals surface area contributed by atoms with Crippen molar-refractivity contribution in [2.45, 2.75) is 6.61 Å². The number of carbonyl (C=O) groups is 1. The molecule has 0 radical (unpaired) electrons. The highest BCUT2D eigenvalue weighted by Crippen LogP contribution is 2.38. The number of likely N-dealkylation sites (N-methyl/N-ethyl adjacent to an activating group) is 1. The van der Waals surface area contributed by atoms with Gasteiger partial charge in [-0.15, -0.1) is 0 Å². The van der Waals surface area contributed by atoms with Crippen LogP contribution in [0.4, 0.5) is 5.69 Å². The van der Waals surface area contributed by atoms with E-state index in [-0.39, 0.29) is 5.91 Å². The zero-order valence-corrected chi connectivity index (χ0v) is 25.6. The molecule has 1 aliphatic rings. The van der Waals surface area contributed by atoms with Crippen LogP contribution < -0.4 is 9.47 Å². The van der Waals surface area contributed by atoms with E-state index >= 15 is 0 Å². The standard InChI is InChI=1S/C25H17BrCl3IN2O3S/c1-32-24(33)22(36-25(32)31-15-4-5-16(26)18(28)11-15)10-14-8-20(30)23(21(9-14)34-2)35-12-13-3-6-17(27)19(29)7-13/h3-11H,12H2,1-2H3/b22-10-,31-25?. The van der Waals surface area contributed by atoms with Gasteiger partial charge in [0.25, 0.3) is 5.91 Å². The van der Waals surface area contributed by atoms with E-state index in [4.69, 9.17) is 44.3 Å². The number of aliphatic imine (C=N–C) groups is 1. The summed E-state index contributed by atoms with van der Waals surface area (Å²) in [6.45, 7) is 0.294. The fourth-order valence-electron chi connectivity index (χ4n) is 3.22. The van der Waals surface area contributed by atoms with Crippen molar-refractivity contribution >= 4 is 108 Å². The molecule has 36 heavy (non-hydrogen) atoms. The molecular formula is C25H17BrCl3IN2O3S. The maximum Gasteiger partial charge on any atom is 0.266 e. The summed E-state index contributed by atoms with van der Waals surface area (Å²) in [5.74, 6) is 1.01. The lowest BCUT2D eigenvalue weighted by Crippen LogP contribution is -2.23. The van der Waals surface area contributed by atoms with Crippen LogP contribution in [0, 0.1) is 3.57 Å². The van der Waals surface area contributed by atoms with E-state index in [1.165, 1.54) is 16.7 Å². The third kappa shape index (κ3) is 6.34. The maximum absolute atomic E-state index is 12.9. The van der Waals surface area contributed by atoms with Crippen molar-refractivity contribution in [3.8, 4) is 11.5 Å². The van der Waals surface area contributed by atoms with Crippen LogP contribution in [0.5, 0.6) is 11.5 Å². The molecule has 1 saturated heterocycles. The first-order chi connectivity index (χ1) is 17.2. The summed E-state index contributed by atoms with van der Waals surface area (Å²) >= 11 is 25.1. The lowest BCUT2D eigenvalue weighted by molar-refractivity contribution is -0.121. The molecule has 11 heteroatoms. The molecule has 0 aromatic heterocycles. The van der Waals surface area contributed by atoms with E-state index < -0.39 is 0 Å². The molecule has 5 nitrogen and oxygen atoms in total. The zero-order valence-electron chi connectivity index (χ0n) is 18.8. The highest BCUT2D eigenvalue weighted by molar-refractivity contribution is 14.1. The van der Waals surface area contributed by atoms with Crippen LogP contribution in [0.1, 0.15) is 11.1 Å². The third-order valence-electron chi connectivity index (χ3n) is 5.05. The summed E-state index contributed by atoms with van der Waals surface area (Å²) < 4.78 is 13.2. The van der Waals surface area contributed by atoms with Gasteiger partial charge in [-0.2, -0.15) is 0 Å². The van der Waals surface area contributed by atoms with Crippen LogP contribution in [0.3, 0.4) is 0 Å². The molecule has 1 amide bonds. The molecule has 186 valence electrons. The van der Waals surface area contributed by atoms with Crippen molar-refractivity contribution in [2.24, 2.45) is 4.99 Å². The van der Waals surface area contributed by atoms with E-state index in [0.717, 1.165) is 19.2 Å². The average molecular weight is 739 g/mol. The Labute approximate surface area is 250 Å². The number of thioether (sulfide) groups is 1. The SMILES string of the molecule is COc1cc(/C=C2\SC(=Nc3ccc(Br)c(Cl)c3)N(C)C2=O)cc(I)c1OCc1ccc(Cl)c(Cl)c1. The molecule has 0 saturated carbocycles. The van der Waals surface area contributed by atoms with Gasteiger partial charge >= 0.3 is 0 Å². The number of amidine groups is 1. The summed E-state index contributed by atoms with van der Waals surface area (Å²) in [5, 5.41) is 2.07. The number of carbonyl (C=O) groups excluding carboxylic acids is 1. The molecular weight excluding hydrogens is 722 g/mol. The van der Waals surface area contributed by atoms with Gasteiger partial charge in [-0.25, -0.2) is 4.99 Å². The molecule has 0 atom stereocenters. The van der Waals surface area contributed by atoms with Crippen molar-refractivity contribution < 1.29 is 14.3 Å². The van der Waals surface area contributed by atoms with E-state index in [9.17, 15) is 4.79 Å². The minimum Gasteiger partial charge on any atom is -0.493 e. The zero-order chi connectivity index (χ0) is 26.0. The van der Waals surface area contributed by atoms with Gasteiger partial charge in [0.2, 0.25) is 0 Å². The molecule has 1 aliphatic heterocycles. The number of nitrogens with zero attached hydrogens (tertiary/aromatic N) is 2. The van der Waals surface area contributed by atoms with Crippen LogP contribution in [0.2, 0.25) is 15.1 Å². The van der Waals surface area contributed by atoms with Crippen molar-refractivity contribution in [1.29, 1.82) is 0 Å².